The first-order chi connectivity index (χ1) is 8.60. The molecule has 0 saturated carbocycles. The van der Waals surface area contributed by atoms with E-state index in [0.29, 0.717) is 5.92 Å². The summed E-state index contributed by atoms with van der Waals surface area (Å²) in [6.07, 6.45) is 15.6. The molecule has 0 amide bonds. The lowest BCUT2D eigenvalue weighted by molar-refractivity contribution is 0.656. The fraction of sp³-hybridized carbons (Fsp3) is 0.667. The molecule has 0 N–H and O–H groups in total. The first-order valence-electron chi connectivity index (χ1n) is 7.54. The highest BCUT2D eigenvalue weighted by atomic mass is 14.0. The van der Waals surface area contributed by atoms with Crippen LogP contribution in [-0.2, 0) is 0 Å². The molecule has 0 radical (unpaired) electrons. The highest BCUT2D eigenvalue weighted by Gasteiger charge is 1.95. The van der Waals surface area contributed by atoms with Crippen LogP contribution in [0.2, 0.25) is 0 Å². The molecule has 0 nitrogen and oxygen atoms in total. The average molecular weight is 248 g/mol. The molecule has 0 saturated heterocycles. The van der Waals surface area contributed by atoms with E-state index in [2.05, 4.69) is 46.4 Å². The van der Waals surface area contributed by atoms with Gasteiger partial charge in [-0.2, -0.15) is 0 Å². The van der Waals surface area contributed by atoms with Crippen molar-refractivity contribution in [2.75, 3.05) is 0 Å². The zero-order chi connectivity index (χ0) is 13.8. The van der Waals surface area contributed by atoms with Crippen LogP contribution in [0, 0.1) is 5.92 Å². The van der Waals surface area contributed by atoms with E-state index in [9.17, 15) is 0 Å². The Labute approximate surface area is 115 Å². The van der Waals surface area contributed by atoms with Gasteiger partial charge in [0.25, 0.3) is 0 Å². The van der Waals surface area contributed by atoms with Gasteiger partial charge in [0, 0.05) is 0 Å². The summed E-state index contributed by atoms with van der Waals surface area (Å²) < 4.78 is 0. The summed E-state index contributed by atoms with van der Waals surface area (Å²) >= 11 is 0. The van der Waals surface area contributed by atoms with Gasteiger partial charge in [-0.3, -0.25) is 0 Å². The van der Waals surface area contributed by atoms with Gasteiger partial charge in [-0.05, 0) is 58.3 Å². The molecule has 0 heterocycles. The van der Waals surface area contributed by atoms with E-state index in [1.165, 1.54) is 50.5 Å². The third-order valence-electron chi connectivity index (χ3n) is 3.47. The van der Waals surface area contributed by atoms with E-state index in [0.717, 1.165) is 0 Å². The van der Waals surface area contributed by atoms with Crippen molar-refractivity contribution in [3.8, 4) is 0 Å². The predicted octanol–water partition coefficient (Wildman–Crippen LogP) is 6.45. The number of hydrogen-bond acceptors (Lipinski definition) is 0. The van der Waals surface area contributed by atoms with Crippen molar-refractivity contribution in [1.82, 2.24) is 0 Å². The summed E-state index contributed by atoms with van der Waals surface area (Å²) in [5.74, 6) is 0.644. The fourth-order valence-corrected chi connectivity index (χ4v) is 1.92. The number of hydrogen-bond donors (Lipinski definition) is 0. The zero-order valence-electron chi connectivity index (χ0n) is 13.0. The quantitative estimate of drug-likeness (QED) is 0.390. The van der Waals surface area contributed by atoms with E-state index >= 15 is 0 Å². The molecule has 1 unspecified atom stereocenters. The van der Waals surface area contributed by atoms with E-state index < -0.39 is 0 Å². The van der Waals surface area contributed by atoms with E-state index in [1.54, 1.807) is 5.57 Å². The van der Waals surface area contributed by atoms with Crippen LogP contribution >= 0.6 is 0 Å². The van der Waals surface area contributed by atoms with Gasteiger partial charge in [0.1, 0.15) is 0 Å². The van der Waals surface area contributed by atoms with E-state index in [-0.39, 0.29) is 0 Å². The molecule has 0 bridgehead atoms. The van der Waals surface area contributed by atoms with E-state index in [4.69, 9.17) is 0 Å². The fourth-order valence-electron chi connectivity index (χ4n) is 1.92. The third kappa shape index (κ3) is 10.4. The van der Waals surface area contributed by atoms with Crippen molar-refractivity contribution in [2.45, 2.75) is 72.6 Å². The lowest BCUT2D eigenvalue weighted by Gasteiger charge is -2.04. The Balaban J connectivity index is 3.77. The Kier molecular flexibility index (Phi) is 10.8. The lowest BCUT2D eigenvalue weighted by atomic mass is 10.0. The molecule has 0 aromatic rings. The molecule has 0 aliphatic carbocycles. The average Bonchev–Trinajstić information content (AvgIpc) is 2.36. The van der Waals surface area contributed by atoms with Crippen molar-refractivity contribution in [3.63, 3.8) is 0 Å². The van der Waals surface area contributed by atoms with Gasteiger partial charge in [0.05, 0.1) is 0 Å². The first-order valence-corrected chi connectivity index (χ1v) is 7.54. The lowest BCUT2D eigenvalue weighted by Crippen LogP contribution is -1.87. The highest BCUT2D eigenvalue weighted by Crippen LogP contribution is 2.13. The molecule has 18 heavy (non-hydrogen) atoms. The van der Waals surface area contributed by atoms with Crippen LogP contribution in [0.3, 0.4) is 0 Å². The SMILES string of the molecule is C=CC(C)CCC=C(C)CCC=C(C)CCCC. The van der Waals surface area contributed by atoms with Crippen molar-refractivity contribution >= 4 is 0 Å². The molecular formula is C18H32. The van der Waals surface area contributed by atoms with Crippen LogP contribution in [0.15, 0.2) is 36.0 Å². The molecule has 0 aliphatic rings. The molecule has 0 fully saturated rings. The normalized spacial score (nSPS) is 14.7. The molecule has 0 aliphatic heterocycles. The first kappa shape index (κ1) is 17.2. The summed E-state index contributed by atoms with van der Waals surface area (Å²) in [7, 11) is 0. The highest BCUT2D eigenvalue weighted by molar-refractivity contribution is 5.03. The second-order valence-electron chi connectivity index (χ2n) is 5.53. The molecule has 104 valence electrons. The van der Waals surface area contributed by atoms with Gasteiger partial charge in [-0.15, -0.1) is 6.58 Å². The zero-order valence-corrected chi connectivity index (χ0v) is 13.0. The Bertz CT molecular complexity index is 268. The van der Waals surface area contributed by atoms with Gasteiger partial charge in [-0.1, -0.05) is 49.6 Å². The number of unbranched alkanes of at least 4 members (excludes halogenated alkanes) is 1. The van der Waals surface area contributed by atoms with Crippen LogP contribution in [-0.4, -0.2) is 0 Å². The van der Waals surface area contributed by atoms with Crippen LogP contribution in [0.4, 0.5) is 0 Å². The standard InChI is InChI=1S/C18H32/c1-6-8-11-17(4)14-10-15-18(5)13-9-12-16(3)7-2/h7,13-14,16H,2,6,8-12,15H2,1,3-5H3. The molecule has 0 spiro atoms. The summed E-state index contributed by atoms with van der Waals surface area (Å²) in [5.41, 5.74) is 3.09. The maximum absolute atomic E-state index is 3.82. The van der Waals surface area contributed by atoms with Crippen molar-refractivity contribution in [2.24, 2.45) is 5.92 Å². The van der Waals surface area contributed by atoms with Crippen molar-refractivity contribution in [1.29, 1.82) is 0 Å². The van der Waals surface area contributed by atoms with Crippen molar-refractivity contribution < 1.29 is 0 Å². The minimum Gasteiger partial charge on any atom is -0.103 e. The Morgan fingerprint density at radius 3 is 2.28 bits per heavy atom. The second kappa shape index (κ2) is 11.3. The molecule has 0 aromatic heterocycles. The monoisotopic (exact) mass is 248 g/mol. The van der Waals surface area contributed by atoms with Crippen LogP contribution in [0.25, 0.3) is 0 Å². The Morgan fingerprint density at radius 1 is 1.06 bits per heavy atom. The predicted molar refractivity (Wildman–Crippen MR) is 84.9 cm³/mol. The van der Waals surface area contributed by atoms with Gasteiger partial charge in [0.2, 0.25) is 0 Å². The topological polar surface area (TPSA) is 0 Å². The molecule has 0 heteroatoms. The maximum atomic E-state index is 3.82. The van der Waals surface area contributed by atoms with Gasteiger partial charge >= 0.3 is 0 Å². The molecular weight excluding hydrogens is 216 g/mol. The summed E-state index contributed by atoms with van der Waals surface area (Å²) in [6.45, 7) is 12.8. The largest absolute Gasteiger partial charge is 0.103 e. The number of allylic oxidation sites excluding steroid dienone is 5. The van der Waals surface area contributed by atoms with E-state index in [1.807, 2.05) is 6.08 Å². The molecule has 0 aromatic carbocycles. The van der Waals surface area contributed by atoms with Gasteiger partial charge < -0.3 is 0 Å². The summed E-state index contributed by atoms with van der Waals surface area (Å²) in [5, 5.41) is 0. The summed E-state index contributed by atoms with van der Waals surface area (Å²) in [4.78, 5) is 0. The maximum Gasteiger partial charge on any atom is -0.0262 e. The Hall–Kier alpha value is -0.780. The smallest absolute Gasteiger partial charge is 0.0262 e. The van der Waals surface area contributed by atoms with Crippen LogP contribution < -0.4 is 0 Å². The van der Waals surface area contributed by atoms with Crippen LogP contribution in [0.1, 0.15) is 72.6 Å². The number of rotatable bonds is 10. The molecule has 1 atom stereocenters. The van der Waals surface area contributed by atoms with Crippen molar-refractivity contribution in [3.05, 3.63) is 36.0 Å². The third-order valence-corrected chi connectivity index (χ3v) is 3.47. The van der Waals surface area contributed by atoms with Gasteiger partial charge in [0.15, 0.2) is 0 Å². The molecule has 0 rings (SSSR count). The second-order valence-corrected chi connectivity index (χ2v) is 5.53. The Morgan fingerprint density at radius 2 is 1.67 bits per heavy atom. The summed E-state index contributed by atoms with van der Waals surface area (Å²) in [6, 6.07) is 0. The van der Waals surface area contributed by atoms with Crippen LogP contribution in [0.5, 0.6) is 0 Å². The minimum absolute atomic E-state index is 0.644. The minimum atomic E-state index is 0.644. The van der Waals surface area contributed by atoms with Gasteiger partial charge in [-0.25, -0.2) is 0 Å².